The summed E-state index contributed by atoms with van der Waals surface area (Å²) in [7, 11) is 0. The molecule has 152 valence electrons. The zero-order valence-electron chi connectivity index (χ0n) is 16.7. The number of nitrogens with one attached hydrogen (secondary N) is 1. The summed E-state index contributed by atoms with van der Waals surface area (Å²) >= 11 is 13.0. The largest absolute Gasteiger partial charge is 0.326 e. The fraction of sp³-hybridized carbons (Fsp3) is 0.208. The van der Waals surface area contributed by atoms with Crippen LogP contribution in [-0.4, -0.2) is 10.9 Å². The van der Waals surface area contributed by atoms with Gasteiger partial charge >= 0.3 is 0 Å². The Balaban J connectivity index is 1.84. The van der Waals surface area contributed by atoms with Gasteiger partial charge in [-0.2, -0.15) is 5.26 Å². The monoisotopic (exact) mass is 437 g/mol. The zero-order valence-corrected chi connectivity index (χ0v) is 18.3. The minimum Gasteiger partial charge on any atom is -0.326 e. The van der Waals surface area contributed by atoms with E-state index in [1.54, 1.807) is 30.5 Å². The van der Waals surface area contributed by atoms with Crippen molar-refractivity contribution in [3.8, 4) is 17.2 Å². The fourth-order valence-electron chi connectivity index (χ4n) is 3.25. The molecular formula is C24H21Cl2N3O. The minimum absolute atomic E-state index is 0.153. The number of hydrogen-bond acceptors (Lipinski definition) is 3. The lowest BCUT2D eigenvalue weighted by Gasteiger charge is -2.13. The first-order valence-corrected chi connectivity index (χ1v) is 10.3. The van der Waals surface area contributed by atoms with Gasteiger partial charge in [0.2, 0.25) is 5.91 Å². The Bertz CT molecular complexity index is 1080. The molecule has 3 aromatic rings. The van der Waals surface area contributed by atoms with E-state index in [0.717, 1.165) is 17.5 Å². The number of benzene rings is 2. The Morgan fingerprint density at radius 3 is 2.47 bits per heavy atom. The van der Waals surface area contributed by atoms with E-state index >= 15 is 0 Å². The van der Waals surface area contributed by atoms with Gasteiger partial charge in [-0.25, -0.2) is 0 Å². The molecule has 1 amide bonds. The summed E-state index contributed by atoms with van der Waals surface area (Å²) in [6.45, 7) is 4.23. The van der Waals surface area contributed by atoms with Crippen LogP contribution in [0.5, 0.6) is 0 Å². The summed E-state index contributed by atoms with van der Waals surface area (Å²) in [5.74, 6) is 0.238. The van der Waals surface area contributed by atoms with Crippen molar-refractivity contribution in [1.29, 1.82) is 5.26 Å². The van der Waals surface area contributed by atoms with Crippen molar-refractivity contribution in [3.63, 3.8) is 0 Å². The van der Waals surface area contributed by atoms with Crippen LogP contribution in [0.15, 0.2) is 54.7 Å². The molecule has 0 saturated heterocycles. The molecule has 1 aromatic heterocycles. The number of nitrogens with zero attached hydrogens (tertiary/aromatic N) is 2. The molecule has 0 spiro atoms. The first-order chi connectivity index (χ1) is 14.4. The summed E-state index contributed by atoms with van der Waals surface area (Å²) < 4.78 is 0. The van der Waals surface area contributed by atoms with E-state index in [-0.39, 0.29) is 12.3 Å². The van der Waals surface area contributed by atoms with Gasteiger partial charge in [-0.1, -0.05) is 55.2 Å². The zero-order chi connectivity index (χ0) is 21.7. The van der Waals surface area contributed by atoms with Gasteiger partial charge in [0, 0.05) is 23.1 Å². The number of rotatable bonds is 6. The van der Waals surface area contributed by atoms with E-state index in [2.05, 4.69) is 30.2 Å². The molecule has 6 heteroatoms. The lowest BCUT2D eigenvalue weighted by molar-refractivity contribution is -0.115. The molecular weight excluding hydrogens is 417 g/mol. The van der Waals surface area contributed by atoms with E-state index in [1.165, 1.54) is 0 Å². The summed E-state index contributed by atoms with van der Waals surface area (Å²) in [5.41, 5.74) is 4.19. The predicted molar refractivity (Wildman–Crippen MR) is 122 cm³/mol. The van der Waals surface area contributed by atoms with Crippen LogP contribution in [0.2, 0.25) is 10.0 Å². The minimum atomic E-state index is -0.210. The maximum Gasteiger partial charge on any atom is 0.230 e. The molecule has 0 bridgehead atoms. The van der Waals surface area contributed by atoms with E-state index in [4.69, 9.17) is 23.2 Å². The van der Waals surface area contributed by atoms with Crippen molar-refractivity contribution >= 4 is 34.8 Å². The number of halogens is 2. The first-order valence-electron chi connectivity index (χ1n) is 9.59. The summed E-state index contributed by atoms with van der Waals surface area (Å²) in [6.07, 6.45) is 2.62. The maximum absolute atomic E-state index is 12.3. The van der Waals surface area contributed by atoms with Gasteiger partial charge in [-0.05, 0) is 53.8 Å². The van der Waals surface area contributed by atoms with Crippen molar-refractivity contribution in [2.45, 2.75) is 26.7 Å². The topological polar surface area (TPSA) is 65.8 Å². The maximum atomic E-state index is 12.3. The third-order valence-corrected chi connectivity index (χ3v) is 5.14. The van der Waals surface area contributed by atoms with Gasteiger partial charge in [-0.3, -0.25) is 9.78 Å². The predicted octanol–water partition coefficient (Wildman–Crippen LogP) is 6.31. The Kier molecular flexibility index (Phi) is 7.10. The van der Waals surface area contributed by atoms with Crippen molar-refractivity contribution in [2.24, 2.45) is 5.92 Å². The number of carbonyl (C=O) groups is 1. The second-order valence-corrected chi connectivity index (χ2v) is 8.26. The Labute approximate surface area is 186 Å². The quantitative estimate of drug-likeness (QED) is 0.491. The Morgan fingerprint density at radius 1 is 1.13 bits per heavy atom. The molecule has 0 aliphatic rings. The van der Waals surface area contributed by atoms with E-state index in [1.807, 2.05) is 24.3 Å². The summed E-state index contributed by atoms with van der Waals surface area (Å²) in [4.78, 5) is 16.4. The Morgan fingerprint density at radius 2 is 1.87 bits per heavy atom. The molecule has 4 nitrogen and oxygen atoms in total. The van der Waals surface area contributed by atoms with Crippen LogP contribution in [0.1, 0.15) is 30.7 Å². The van der Waals surface area contributed by atoms with E-state index < -0.39 is 0 Å². The number of hydrogen-bond donors (Lipinski definition) is 1. The van der Waals surface area contributed by atoms with Crippen LogP contribution >= 0.6 is 23.2 Å². The highest BCUT2D eigenvalue weighted by atomic mass is 35.5. The molecule has 2 aromatic carbocycles. The van der Waals surface area contributed by atoms with Crippen LogP contribution in [0, 0.1) is 17.2 Å². The number of aromatic nitrogens is 1. The van der Waals surface area contributed by atoms with Gasteiger partial charge in [0.15, 0.2) is 0 Å². The van der Waals surface area contributed by atoms with Crippen molar-refractivity contribution < 1.29 is 4.79 Å². The number of nitriles is 1. The molecule has 1 heterocycles. The standard InChI is InChI=1S/C24H21Cl2N3O/c1-15(2)9-16-6-7-17(10-18(16)14-27)24-21(25)11-20(12-22(24)26)29-23(30)13-19-5-3-4-8-28-19/h3-8,10-12,15H,9,13H2,1-2H3,(H,29,30). The molecule has 0 saturated carbocycles. The van der Waals surface area contributed by atoms with Crippen molar-refractivity contribution in [2.75, 3.05) is 5.32 Å². The second kappa shape index (κ2) is 9.75. The van der Waals surface area contributed by atoms with Gasteiger partial charge in [0.1, 0.15) is 0 Å². The smallest absolute Gasteiger partial charge is 0.230 e. The third-order valence-electron chi connectivity index (χ3n) is 4.54. The van der Waals surface area contributed by atoms with E-state index in [9.17, 15) is 10.1 Å². The van der Waals surface area contributed by atoms with Gasteiger partial charge in [0.25, 0.3) is 0 Å². The molecule has 0 aliphatic carbocycles. The summed E-state index contributed by atoms with van der Waals surface area (Å²) in [6, 6.07) is 16.7. The molecule has 1 N–H and O–H groups in total. The fourth-order valence-corrected chi connectivity index (χ4v) is 3.95. The van der Waals surface area contributed by atoms with Crippen LogP contribution in [0.4, 0.5) is 5.69 Å². The molecule has 3 rings (SSSR count). The van der Waals surface area contributed by atoms with E-state index in [0.29, 0.717) is 38.5 Å². The summed E-state index contributed by atoms with van der Waals surface area (Å²) in [5, 5.41) is 13.1. The van der Waals surface area contributed by atoms with Crippen LogP contribution < -0.4 is 5.32 Å². The van der Waals surface area contributed by atoms with Crippen LogP contribution in [-0.2, 0) is 17.6 Å². The second-order valence-electron chi connectivity index (χ2n) is 7.44. The number of carbonyl (C=O) groups excluding carboxylic acids is 1. The Hall–Kier alpha value is -2.87. The molecule has 0 radical (unpaired) electrons. The molecule has 0 aliphatic heterocycles. The molecule has 0 unspecified atom stereocenters. The average molecular weight is 438 g/mol. The van der Waals surface area contributed by atoms with Gasteiger partial charge < -0.3 is 5.32 Å². The number of anilines is 1. The highest BCUT2D eigenvalue weighted by molar-refractivity contribution is 6.39. The van der Waals surface area contributed by atoms with Crippen LogP contribution in [0.3, 0.4) is 0 Å². The number of pyridine rings is 1. The lowest BCUT2D eigenvalue weighted by atomic mass is 9.94. The van der Waals surface area contributed by atoms with Gasteiger partial charge in [-0.15, -0.1) is 0 Å². The molecule has 0 atom stereocenters. The normalized spacial score (nSPS) is 10.7. The first kappa shape index (κ1) is 21.8. The van der Waals surface area contributed by atoms with Crippen LogP contribution in [0.25, 0.3) is 11.1 Å². The molecule has 30 heavy (non-hydrogen) atoms. The van der Waals surface area contributed by atoms with Crippen molar-refractivity contribution in [3.05, 3.63) is 81.6 Å². The average Bonchev–Trinajstić information content (AvgIpc) is 2.68. The van der Waals surface area contributed by atoms with Crippen molar-refractivity contribution in [1.82, 2.24) is 4.98 Å². The van der Waals surface area contributed by atoms with Gasteiger partial charge in [0.05, 0.1) is 28.1 Å². The number of amides is 1. The highest BCUT2D eigenvalue weighted by Gasteiger charge is 2.15. The highest BCUT2D eigenvalue weighted by Crippen LogP contribution is 2.38. The molecule has 0 fully saturated rings. The lowest BCUT2D eigenvalue weighted by Crippen LogP contribution is -2.15. The third kappa shape index (κ3) is 5.38. The SMILES string of the molecule is CC(C)Cc1ccc(-c2c(Cl)cc(NC(=O)Cc3ccccn3)cc2Cl)cc1C#N.